The Bertz CT molecular complexity index is 930. The van der Waals surface area contributed by atoms with Crippen molar-refractivity contribution in [3.63, 3.8) is 0 Å². The number of rotatable bonds is 24. The Labute approximate surface area is 279 Å². The molecule has 0 heterocycles. The van der Waals surface area contributed by atoms with E-state index in [1.807, 2.05) is 6.92 Å². The summed E-state index contributed by atoms with van der Waals surface area (Å²) in [5, 5.41) is 11.4. The van der Waals surface area contributed by atoms with Gasteiger partial charge in [-0.2, -0.15) is 0 Å². The number of benzene rings is 1. The van der Waals surface area contributed by atoms with Crippen LogP contribution in [0, 0.1) is 11.8 Å². The third-order valence-corrected chi connectivity index (χ3v) is 20.3. The molecule has 1 aromatic carbocycles. The molecular formula is C38H68O5Si2. The van der Waals surface area contributed by atoms with Crippen LogP contribution in [0.25, 0.3) is 0 Å². The lowest BCUT2D eigenvalue weighted by atomic mass is 9.85. The molecule has 1 fully saturated rings. The van der Waals surface area contributed by atoms with Crippen molar-refractivity contribution >= 4 is 22.6 Å². The van der Waals surface area contributed by atoms with Gasteiger partial charge in [0.25, 0.3) is 0 Å². The number of ether oxygens (including phenoxy) is 1. The molecule has 7 heteroatoms. The van der Waals surface area contributed by atoms with E-state index in [1.165, 1.54) is 5.56 Å². The molecule has 258 valence electrons. The fourth-order valence-electron chi connectivity index (χ4n) is 7.33. The average Bonchev–Trinajstić information content (AvgIpc) is 3.37. The molecule has 1 saturated carbocycles. The Hall–Kier alpha value is -1.26. The Morgan fingerprint density at radius 3 is 2.13 bits per heavy atom. The van der Waals surface area contributed by atoms with E-state index in [1.54, 1.807) is 0 Å². The molecule has 45 heavy (non-hydrogen) atoms. The zero-order valence-corrected chi connectivity index (χ0v) is 32.0. The lowest BCUT2D eigenvalue weighted by Gasteiger charge is -2.37. The summed E-state index contributed by atoms with van der Waals surface area (Å²) in [5.74, 6) is 0.421. The van der Waals surface area contributed by atoms with Gasteiger partial charge < -0.3 is 18.7 Å². The molecule has 0 bridgehead atoms. The molecule has 0 spiro atoms. The fraction of sp³-hybridized carbons (Fsp3) is 0.763. The average molecular weight is 661 g/mol. The van der Waals surface area contributed by atoms with Gasteiger partial charge in [0.15, 0.2) is 16.6 Å². The Kier molecular flexibility index (Phi) is 19.1. The first kappa shape index (κ1) is 39.9. The van der Waals surface area contributed by atoms with Gasteiger partial charge in [-0.3, -0.25) is 4.79 Å². The van der Waals surface area contributed by atoms with Gasteiger partial charge in [-0.1, -0.05) is 91.0 Å². The van der Waals surface area contributed by atoms with Crippen molar-refractivity contribution in [1.82, 2.24) is 0 Å². The first-order valence-corrected chi connectivity index (χ1v) is 23.7. The predicted octanol–water partition coefficient (Wildman–Crippen LogP) is 10.2. The SMILES string of the molecule is CCCOC(=O)CCC/C=C\C[C@@H]1[C@@H](CC[C@@H](CCc2ccccc2)O[Si](CC)(CC)CC)[C@H](O[Si](CC)(CC)CC)C[C@@H]1O. The summed E-state index contributed by atoms with van der Waals surface area (Å²) in [7, 11) is -3.59. The molecule has 5 atom stereocenters. The molecule has 2 rings (SSSR count). The van der Waals surface area contributed by atoms with E-state index >= 15 is 0 Å². The molecule has 1 N–H and O–H groups in total. The van der Waals surface area contributed by atoms with Gasteiger partial charge in [0.05, 0.1) is 18.8 Å². The Morgan fingerprint density at radius 1 is 0.889 bits per heavy atom. The maximum Gasteiger partial charge on any atom is 0.305 e. The van der Waals surface area contributed by atoms with E-state index < -0.39 is 16.6 Å². The third kappa shape index (κ3) is 13.0. The van der Waals surface area contributed by atoms with Gasteiger partial charge in [-0.15, -0.1) is 0 Å². The minimum absolute atomic E-state index is 0.0997. The first-order chi connectivity index (χ1) is 21.7. The summed E-state index contributed by atoms with van der Waals surface area (Å²) >= 11 is 0. The number of hydrogen-bond acceptors (Lipinski definition) is 5. The number of carbonyl (C=O) groups is 1. The van der Waals surface area contributed by atoms with Crippen LogP contribution in [0.1, 0.15) is 112 Å². The number of aryl methyl sites for hydroxylation is 1. The van der Waals surface area contributed by atoms with E-state index in [2.05, 4.69) is 84.0 Å². The number of aliphatic hydroxyl groups is 1. The Balaban J connectivity index is 2.19. The number of hydrogen-bond donors (Lipinski definition) is 1. The van der Waals surface area contributed by atoms with Gasteiger partial charge in [0, 0.05) is 12.5 Å². The quantitative estimate of drug-likeness (QED) is 0.0517. The van der Waals surface area contributed by atoms with E-state index in [0.717, 1.165) is 94.1 Å². The number of esters is 1. The number of unbranched alkanes of at least 4 members (excludes halogenated alkanes) is 1. The highest BCUT2D eigenvalue weighted by Gasteiger charge is 2.46. The van der Waals surface area contributed by atoms with Crippen LogP contribution in [-0.2, 0) is 24.8 Å². The minimum atomic E-state index is -1.82. The van der Waals surface area contributed by atoms with Gasteiger partial charge in [0.1, 0.15) is 0 Å². The molecule has 0 aromatic heterocycles. The van der Waals surface area contributed by atoms with Gasteiger partial charge in [-0.25, -0.2) is 0 Å². The summed E-state index contributed by atoms with van der Waals surface area (Å²) in [5.41, 5.74) is 1.38. The van der Waals surface area contributed by atoms with Crippen LogP contribution in [0.3, 0.4) is 0 Å². The second kappa shape index (κ2) is 21.6. The van der Waals surface area contributed by atoms with Crippen LogP contribution >= 0.6 is 0 Å². The van der Waals surface area contributed by atoms with Crippen LogP contribution in [0.5, 0.6) is 0 Å². The number of aliphatic hydroxyl groups excluding tert-OH is 1. The minimum Gasteiger partial charge on any atom is -0.466 e. The Morgan fingerprint density at radius 2 is 1.53 bits per heavy atom. The predicted molar refractivity (Wildman–Crippen MR) is 195 cm³/mol. The van der Waals surface area contributed by atoms with Crippen molar-refractivity contribution in [2.45, 2.75) is 167 Å². The topological polar surface area (TPSA) is 65.0 Å². The molecule has 0 unspecified atom stereocenters. The molecule has 0 aliphatic heterocycles. The molecule has 1 aliphatic rings. The fourth-order valence-corrected chi connectivity index (χ4v) is 13.2. The highest BCUT2D eigenvalue weighted by atomic mass is 28.4. The summed E-state index contributed by atoms with van der Waals surface area (Å²) in [6, 6.07) is 17.7. The molecular weight excluding hydrogens is 593 g/mol. The second-order valence-electron chi connectivity index (χ2n) is 13.4. The van der Waals surface area contributed by atoms with Gasteiger partial charge >= 0.3 is 5.97 Å². The van der Waals surface area contributed by atoms with Crippen molar-refractivity contribution in [3.8, 4) is 0 Å². The van der Waals surface area contributed by atoms with E-state index in [9.17, 15) is 9.90 Å². The van der Waals surface area contributed by atoms with Crippen LogP contribution in [-0.4, -0.2) is 52.6 Å². The molecule has 0 saturated heterocycles. The van der Waals surface area contributed by atoms with Crippen molar-refractivity contribution in [3.05, 3.63) is 48.0 Å². The zero-order valence-electron chi connectivity index (χ0n) is 30.0. The van der Waals surface area contributed by atoms with Crippen molar-refractivity contribution < 1.29 is 23.5 Å². The van der Waals surface area contributed by atoms with Gasteiger partial charge in [-0.05, 0) is 111 Å². The summed E-state index contributed by atoms with van der Waals surface area (Å²) in [6.45, 7) is 16.4. The highest BCUT2D eigenvalue weighted by molar-refractivity contribution is 6.74. The first-order valence-electron chi connectivity index (χ1n) is 18.6. The smallest absolute Gasteiger partial charge is 0.305 e. The largest absolute Gasteiger partial charge is 0.466 e. The number of allylic oxidation sites excluding steroid dienone is 2. The molecule has 1 aromatic rings. The van der Waals surface area contributed by atoms with Crippen LogP contribution < -0.4 is 0 Å². The van der Waals surface area contributed by atoms with Crippen LogP contribution in [0.4, 0.5) is 0 Å². The summed E-state index contributed by atoms with van der Waals surface area (Å²) in [4.78, 5) is 11.9. The maximum absolute atomic E-state index is 11.9. The summed E-state index contributed by atoms with van der Waals surface area (Å²) < 4.78 is 19.6. The highest BCUT2D eigenvalue weighted by Crippen LogP contribution is 2.43. The van der Waals surface area contributed by atoms with Crippen molar-refractivity contribution in [2.75, 3.05) is 6.61 Å². The molecule has 0 amide bonds. The third-order valence-electron chi connectivity index (χ3n) is 10.9. The molecule has 0 radical (unpaired) electrons. The van der Waals surface area contributed by atoms with E-state index in [-0.39, 0.29) is 30.2 Å². The summed E-state index contributed by atoms with van der Waals surface area (Å²) in [6.07, 6.45) is 13.2. The van der Waals surface area contributed by atoms with Crippen LogP contribution in [0.2, 0.25) is 36.3 Å². The lowest BCUT2D eigenvalue weighted by Crippen LogP contribution is -2.42. The second-order valence-corrected chi connectivity index (χ2v) is 22.9. The zero-order chi connectivity index (χ0) is 33.1. The van der Waals surface area contributed by atoms with Crippen molar-refractivity contribution in [2.24, 2.45) is 11.8 Å². The van der Waals surface area contributed by atoms with E-state index in [0.29, 0.717) is 18.9 Å². The van der Waals surface area contributed by atoms with Gasteiger partial charge in [0.2, 0.25) is 0 Å². The molecule has 5 nitrogen and oxygen atoms in total. The normalized spacial score (nSPS) is 21.4. The maximum atomic E-state index is 11.9. The van der Waals surface area contributed by atoms with Crippen LogP contribution in [0.15, 0.2) is 42.5 Å². The monoisotopic (exact) mass is 660 g/mol. The number of carbonyl (C=O) groups excluding carboxylic acids is 1. The van der Waals surface area contributed by atoms with Crippen molar-refractivity contribution in [1.29, 1.82) is 0 Å². The standard InChI is InChI=1S/C38H68O5Si2/c1-8-30-41-38(40)25-21-16-15-20-24-34-35(37(31-36(34)39)43-45(12-5,13-6)14-7)29-28-33(42-44(9-2,10-3)11-4)27-26-32-22-18-17-19-23-32/h15,17-20,22-23,33-37,39H,8-14,16,21,24-31H2,1-7H3/b20-15-/t33-,34-,35-,36+,37-/m1/s1. The molecule has 1 aliphatic carbocycles. The van der Waals surface area contributed by atoms with E-state index in [4.69, 9.17) is 13.6 Å². The lowest BCUT2D eigenvalue weighted by molar-refractivity contribution is -0.143.